The second kappa shape index (κ2) is 14.7. The Kier molecular flexibility index (Phi) is 16.6. The zero-order valence-corrected chi connectivity index (χ0v) is 11.3. The monoisotopic (exact) mass is 250 g/mol. The van der Waals surface area contributed by atoms with Gasteiger partial charge >= 0.3 is 0 Å². The van der Waals surface area contributed by atoms with Crippen molar-refractivity contribution in [1.82, 2.24) is 5.32 Å². The molecule has 4 heteroatoms. The first-order chi connectivity index (χ1) is 7.31. The van der Waals surface area contributed by atoms with Gasteiger partial charge in [-0.3, -0.25) is 4.79 Å². The van der Waals surface area contributed by atoms with E-state index in [0.717, 1.165) is 45.2 Å². The Bertz CT molecular complexity index is 154. The fourth-order valence-corrected chi connectivity index (χ4v) is 1.45. The van der Waals surface area contributed by atoms with Crippen LogP contribution in [0.4, 0.5) is 0 Å². The van der Waals surface area contributed by atoms with Gasteiger partial charge in [0.1, 0.15) is 0 Å². The number of nitrogens with one attached hydrogen (secondary N) is 1. The summed E-state index contributed by atoms with van der Waals surface area (Å²) in [6.07, 6.45) is 8.60. The van der Waals surface area contributed by atoms with Gasteiger partial charge in [0.2, 0.25) is 5.91 Å². The second-order valence-corrected chi connectivity index (χ2v) is 4.01. The first-order valence-corrected chi connectivity index (χ1v) is 6.28. The van der Waals surface area contributed by atoms with Crippen molar-refractivity contribution in [2.75, 3.05) is 13.1 Å². The molecule has 0 saturated carbocycles. The Hall–Kier alpha value is -0.280. The van der Waals surface area contributed by atoms with E-state index in [2.05, 4.69) is 12.2 Å². The Morgan fingerprint density at radius 1 is 1.06 bits per heavy atom. The van der Waals surface area contributed by atoms with Gasteiger partial charge in [-0.15, -0.1) is 12.4 Å². The molecule has 0 fully saturated rings. The molecule has 0 aromatic rings. The molecule has 0 aliphatic carbocycles. The number of amides is 1. The second-order valence-electron chi connectivity index (χ2n) is 4.01. The standard InChI is InChI=1S/C12H26N2O.ClH/c1-2-3-11-14-12(15)9-7-5-4-6-8-10-13;/h2-11,13H2,1H3,(H,14,15);1H. The highest BCUT2D eigenvalue weighted by atomic mass is 35.5. The van der Waals surface area contributed by atoms with E-state index in [9.17, 15) is 4.79 Å². The fourth-order valence-electron chi connectivity index (χ4n) is 1.45. The maximum Gasteiger partial charge on any atom is 0.219 e. The van der Waals surface area contributed by atoms with Gasteiger partial charge in [0.25, 0.3) is 0 Å². The van der Waals surface area contributed by atoms with Crippen molar-refractivity contribution in [1.29, 1.82) is 0 Å². The minimum Gasteiger partial charge on any atom is -0.356 e. The smallest absolute Gasteiger partial charge is 0.219 e. The molecule has 0 spiro atoms. The zero-order valence-electron chi connectivity index (χ0n) is 10.5. The predicted octanol–water partition coefficient (Wildman–Crippen LogP) is 2.62. The van der Waals surface area contributed by atoms with E-state index in [4.69, 9.17) is 5.73 Å². The Morgan fingerprint density at radius 2 is 1.69 bits per heavy atom. The Morgan fingerprint density at radius 3 is 2.31 bits per heavy atom. The van der Waals surface area contributed by atoms with E-state index < -0.39 is 0 Å². The number of nitrogens with two attached hydrogens (primary N) is 1. The Labute approximate surface area is 106 Å². The first kappa shape index (κ1) is 18.1. The van der Waals surface area contributed by atoms with Gasteiger partial charge in [0.05, 0.1) is 0 Å². The quantitative estimate of drug-likeness (QED) is 0.586. The summed E-state index contributed by atoms with van der Waals surface area (Å²) in [7, 11) is 0. The normalized spacial score (nSPS) is 9.62. The van der Waals surface area contributed by atoms with E-state index >= 15 is 0 Å². The summed E-state index contributed by atoms with van der Waals surface area (Å²) in [5.74, 6) is 0.210. The van der Waals surface area contributed by atoms with Gasteiger partial charge < -0.3 is 11.1 Å². The number of rotatable bonds is 10. The van der Waals surface area contributed by atoms with E-state index in [1.54, 1.807) is 0 Å². The highest BCUT2D eigenvalue weighted by Gasteiger charge is 1.99. The number of halogens is 1. The van der Waals surface area contributed by atoms with E-state index in [1.165, 1.54) is 12.8 Å². The third-order valence-corrected chi connectivity index (χ3v) is 2.46. The molecule has 16 heavy (non-hydrogen) atoms. The van der Waals surface area contributed by atoms with Crippen LogP contribution in [0.25, 0.3) is 0 Å². The number of unbranched alkanes of at least 4 members (excludes halogenated alkanes) is 5. The zero-order chi connectivity index (χ0) is 11.4. The molecule has 0 aromatic heterocycles. The molecule has 0 aliphatic heterocycles. The molecule has 1 amide bonds. The summed E-state index contributed by atoms with van der Waals surface area (Å²) in [5.41, 5.74) is 5.40. The molecule has 0 unspecified atom stereocenters. The van der Waals surface area contributed by atoms with Crippen molar-refractivity contribution < 1.29 is 4.79 Å². The summed E-state index contributed by atoms with van der Waals surface area (Å²) in [4.78, 5) is 11.3. The predicted molar refractivity (Wildman–Crippen MR) is 71.9 cm³/mol. The third kappa shape index (κ3) is 13.7. The van der Waals surface area contributed by atoms with Crippen LogP contribution in [0.15, 0.2) is 0 Å². The van der Waals surface area contributed by atoms with Crippen LogP contribution in [0, 0.1) is 0 Å². The molecule has 0 radical (unpaired) electrons. The molecule has 3 nitrogen and oxygen atoms in total. The minimum atomic E-state index is 0. The lowest BCUT2D eigenvalue weighted by molar-refractivity contribution is -0.121. The van der Waals surface area contributed by atoms with Crippen LogP contribution in [0.1, 0.15) is 58.3 Å². The van der Waals surface area contributed by atoms with Crippen LogP contribution in [0.3, 0.4) is 0 Å². The summed E-state index contributed by atoms with van der Waals surface area (Å²) in [5, 5.41) is 2.93. The fraction of sp³-hybridized carbons (Fsp3) is 0.917. The molecule has 0 bridgehead atoms. The summed E-state index contributed by atoms with van der Waals surface area (Å²) >= 11 is 0. The molecule has 0 atom stereocenters. The topological polar surface area (TPSA) is 55.1 Å². The van der Waals surface area contributed by atoms with Crippen LogP contribution in [0.2, 0.25) is 0 Å². The van der Waals surface area contributed by atoms with Crippen LogP contribution in [-0.4, -0.2) is 19.0 Å². The average Bonchev–Trinajstić information content (AvgIpc) is 2.23. The number of carbonyl (C=O) groups is 1. The van der Waals surface area contributed by atoms with Crippen LogP contribution in [-0.2, 0) is 4.79 Å². The molecule has 0 heterocycles. The van der Waals surface area contributed by atoms with Crippen LogP contribution in [0.5, 0.6) is 0 Å². The highest BCUT2D eigenvalue weighted by molar-refractivity contribution is 5.85. The average molecular weight is 251 g/mol. The summed E-state index contributed by atoms with van der Waals surface area (Å²) in [6, 6.07) is 0. The van der Waals surface area contributed by atoms with Crippen molar-refractivity contribution in [3.8, 4) is 0 Å². The lowest BCUT2D eigenvalue weighted by atomic mass is 10.1. The SMILES string of the molecule is CCCCNC(=O)CCCCCCCN.Cl. The van der Waals surface area contributed by atoms with Crippen molar-refractivity contribution in [2.45, 2.75) is 58.3 Å². The van der Waals surface area contributed by atoms with E-state index in [0.29, 0.717) is 6.42 Å². The third-order valence-electron chi connectivity index (χ3n) is 2.46. The van der Waals surface area contributed by atoms with Gasteiger partial charge in [-0.25, -0.2) is 0 Å². The molecular weight excluding hydrogens is 224 g/mol. The molecule has 0 aromatic carbocycles. The number of carbonyl (C=O) groups excluding carboxylic acids is 1. The summed E-state index contributed by atoms with van der Waals surface area (Å²) < 4.78 is 0. The van der Waals surface area contributed by atoms with Gasteiger partial charge in [-0.05, 0) is 25.8 Å². The van der Waals surface area contributed by atoms with Crippen molar-refractivity contribution in [3.05, 3.63) is 0 Å². The van der Waals surface area contributed by atoms with Gasteiger partial charge in [0.15, 0.2) is 0 Å². The van der Waals surface area contributed by atoms with E-state index in [-0.39, 0.29) is 18.3 Å². The summed E-state index contributed by atoms with van der Waals surface area (Å²) in [6.45, 7) is 3.75. The highest BCUT2D eigenvalue weighted by Crippen LogP contribution is 2.04. The van der Waals surface area contributed by atoms with Gasteiger partial charge in [-0.1, -0.05) is 32.6 Å². The van der Waals surface area contributed by atoms with Crippen molar-refractivity contribution >= 4 is 18.3 Å². The lowest BCUT2D eigenvalue weighted by Gasteiger charge is -2.03. The lowest BCUT2D eigenvalue weighted by Crippen LogP contribution is -2.23. The molecule has 0 aliphatic rings. The molecule has 98 valence electrons. The minimum absolute atomic E-state index is 0. The number of hydrogen-bond acceptors (Lipinski definition) is 2. The molecular formula is C12H27ClN2O. The molecule has 0 rings (SSSR count). The van der Waals surface area contributed by atoms with Crippen LogP contribution < -0.4 is 11.1 Å². The molecule has 3 N–H and O–H groups in total. The van der Waals surface area contributed by atoms with Crippen molar-refractivity contribution in [2.24, 2.45) is 5.73 Å². The van der Waals surface area contributed by atoms with Crippen molar-refractivity contribution in [3.63, 3.8) is 0 Å². The van der Waals surface area contributed by atoms with Crippen LogP contribution >= 0.6 is 12.4 Å². The largest absolute Gasteiger partial charge is 0.356 e. The maximum absolute atomic E-state index is 11.3. The maximum atomic E-state index is 11.3. The first-order valence-electron chi connectivity index (χ1n) is 6.28. The van der Waals surface area contributed by atoms with Gasteiger partial charge in [0, 0.05) is 13.0 Å². The Balaban J connectivity index is 0. The molecule has 0 saturated heterocycles. The number of hydrogen-bond donors (Lipinski definition) is 2. The van der Waals surface area contributed by atoms with E-state index in [1.807, 2.05) is 0 Å². The van der Waals surface area contributed by atoms with Gasteiger partial charge in [-0.2, -0.15) is 0 Å².